The quantitative estimate of drug-likeness (QED) is 0.840. The van der Waals surface area contributed by atoms with Crippen LogP contribution in [0.15, 0.2) is 24.3 Å². The van der Waals surface area contributed by atoms with E-state index >= 15 is 0 Å². The van der Waals surface area contributed by atoms with Crippen molar-refractivity contribution in [1.82, 2.24) is 9.80 Å². The lowest BCUT2D eigenvalue weighted by Crippen LogP contribution is -2.46. The molecule has 5 heteroatoms. The van der Waals surface area contributed by atoms with Gasteiger partial charge in [0.15, 0.2) is 0 Å². The number of nitrogens with zero attached hydrogens (tertiary/aromatic N) is 2. The highest BCUT2D eigenvalue weighted by Gasteiger charge is 2.30. The Hall–Kier alpha value is -1.07. The Morgan fingerprint density at radius 1 is 1.05 bits per heavy atom. The molecule has 0 saturated carbocycles. The Kier molecular flexibility index (Phi) is 5.05. The summed E-state index contributed by atoms with van der Waals surface area (Å²) in [6.07, 6.45) is -3.57. The third-order valence-electron chi connectivity index (χ3n) is 3.88. The van der Waals surface area contributed by atoms with Crippen LogP contribution in [0.3, 0.4) is 0 Å². The molecular weight excluding hydrogens is 265 g/mol. The molecule has 1 fully saturated rings. The number of hydrogen-bond acceptors (Lipinski definition) is 2. The van der Waals surface area contributed by atoms with Gasteiger partial charge in [0.2, 0.25) is 0 Å². The van der Waals surface area contributed by atoms with Gasteiger partial charge in [-0.3, -0.25) is 0 Å². The molecule has 1 heterocycles. The first-order valence-corrected chi connectivity index (χ1v) is 7.10. The average molecular weight is 286 g/mol. The summed E-state index contributed by atoms with van der Waals surface area (Å²) >= 11 is 0. The maximum atomic E-state index is 12.6. The van der Waals surface area contributed by atoms with Gasteiger partial charge < -0.3 is 9.80 Å². The minimum absolute atomic E-state index is 0.550. The van der Waals surface area contributed by atoms with Crippen LogP contribution in [0, 0.1) is 0 Å². The summed E-state index contributed by atoms with van der Waals surface area (Å²) in [7, 11) is 0. The first kappa shape index (κ1) is 15.3. The highest BCUT2D eigenvalue weighted by Crippen LogP contribution is 2.29. The Morgan fingerprint density at radius 2 is 1.70 bits per heavy atom. The number of rotatable bonds is 4. The van der Waals surface area contributed by atoms with Gasteiger partial charge in [0.25, 0.3) is 0 Å². The van der Waals surface area contributed by atoms with Crippen molar-refractivity contribution in [1.29, 1.82) is 0 Å². The van der Waals surface area contributed by atoms with Gasteiger partial charge in [0, 0.05) is 32.7 Å². The molecule has 1 saturated heterocycles. The molecule has 0 atom stereocenters. The molecule has 1 aliphatic heterocycles. The number of piperazine rings is 1. The summed E-state index contributed by atoms with van der Waals surface area (Å²) < 4.78 is 37.9. The fourth-order valence-electron chi connectivity index (χ4n) is 2.52. The normalized spacial score (nSPS) is 18.4. The van der Waals surface area contributed by atoms with Crippen molar-refractivity contribution >= 4 is 0 Å². The SMILES string of the molecule is CCN1CCN(CCc2cccc(C(F)(F)F)c2)CC1. The second-order valence-electron chi connectivity index (χ2n) is 5.22. The van der Waals surface area contributed by atoms with Crippen LogP contribution in [0.5, 0.6) is 0 Å². The fourth-order valence-corrected chi connectivity index (χ4v) is 2.52. The van der Waals surface area contributed by atoms with Gasteiger partial charge >= 0.3 is 6.18 Å². The monoisotopic (exact) mass is 286 g/mol. The van der Waals surface area contributed by atoms with Gasteiger partial charge in [-0.15, -0.1) is 0 Å². The van der Waals surface area contributed by atoms with E-state index in [1.54, 1.807) is 6.07 Å². The lowest BCUT2D eigenvalue weighted by molar-refractivity contribution is -0.137. The van der Waals surface area contributed by atoms with Crippen molar-refractivity contribution in [2.45, 2.75) is 19.5 Å². The zero-order chi connectivity index (χ0) is 14.6. The van der Waals surface area contributed by atoms with Gasteiger partial charge in [0.1, 0.15) is 0 Å². The van der Waals surface area contributed by atoms with E-state index in [4.69, 9.17) is 0 Å². The van der Waals surface area contributed by atoms with Gasteiger partial charge in [-0.25, -0.2) is 0 Å². The Labute approximate surface area is 118 Å². The number of halogens is 3. The van der Waals surface area contributed by atoms with Crippen LogP contribution in [0.1, 0.15) is 18.1 Å². The molecule has 1 aliphatic rings. The van der Waals surface area contributed by atoms with Crippen molar-refractivity contribution in [2.24, 2.45) is 0 Å². The molecule has 0 spiro atoms. The summed E-state index contributed by atoms with van der Waals surface area (Å²) in [5, 5.41) is 0. The predicted octanol–water partition coefficient (Wildman–Crippen LogP) is 2.89. The van der Waals surface area contributed by atoms with Crippen molar-refractivity contribution in [2.75, 3.05) is 39.3 Å². The molecule has 0 aliphatic carbocycles. The third kappa shape index (κ3) is 4.21. The van der Waals surface area contributed by atoms with E-state index in [0.29, 0.717) is 6.42 Å². The lowest BCUT2D eigenvalue weighted by atomic mass is 10.1. The molecule has 0 unspecified atom stereocenters. The van der Waals surface area contributed by atoms with Gasteiger partial charge in [-0.1, -0.05) is 25.1 Å². The van der Waals surface area contributed by atoms with E-state index in [0.717, 1.165) is 50.9 Å². The smallest absolute Gasteiger partial charge is 0.301 e. The molecule has 0 N–H and O–H groups in total. The second kappa shape index (κ2) is 6.59. The lowest BCUT2D eigenvalue weighted by Gasteiger charge is -2.34. The van der Waals surface area contributed by atoms with Crippen molar-refractivity contribution in [3.05, 3.63) is 35.4 Å². The number of hydrogen-bond donors (Lipinski definition) is 0. The summed E-state index contributed by atoms with van der Waals surface area (Å²) in [4.78, 5) is 4.72. The van der Waals surface area contributed by atoms with E-state index in [1.807, 2.05) is 0 Å². The fraction of sp³-hybridized carbons (Fsp3) is 0.600. The summed E-state index contributed by atoms with van der Waals surface area (Å²) in [5.41, 5.74) is 0.212. The summed E-state index contributed by atoms with van der Waals surface area (Å²) in [6, 6.07) is 5.66. The highest BCUT2D eigenvalue weighted by molar-refractivity contribution is 5.25. The second-order valence-corrected chi connectivity index (χ2v) is 5.22. The topological polar surface area (TPSA) is 6.48 Å². The molecule has 0 amide bonds. The van der Waals surface area contributed by atoms with Crippen LogP contribution in [0.4, 0.5) is 13.2 Å². The number of likely N-dealkylation sites (N-methyl/N-ethyl adjacent to an activating group) is 1. The molecule has 2 rings (SSSR count). The van der Waals surface area contributed by atoms with E-state index in [9.17, 15) is 13.2 Å². The number of benzene rings is 1. The van der Waals surface area contributed by atoms with Crippen molar-refractivity contribution < 1.29 is 13.2 Å². The molecule has 1 aromatic rings. The Bertz CT molecular complexity index is 423. The highest BCUT2D eigenvalue weighted by atomic mass is 19.4. The molecule has 0 bridgehead atoms. The van der Waals surface area contributed by atoms with Gasteiger partial charge in [0.05, 0.1) is 5.56 Å². The van der Waals surface area contributed by atoms with E-state index in [-0.39, 0.29) is 0 Å². The van der Waals surface area contributed by atoms with Crippen LogP contribution in [0.2, 0.25) is 0 Å². The largest absolute Gasteiger partial charge is 0.416 e. The van der Waals surface area contributed by atoms with E-state index in [1.165, 1.54) is 12.1 Å². The average Bonchev–Trinajstić information content (AvgIpc) is 2.45. The molecular formula is C15H21F3N2. The van der Waals surface area contributed by atoms with Gasteiger partial charge in [-0.05, 0) is 24.6 Å². The van der Waals surface area contributed by atoms with Crippen molar-refractivity contribution in [3.63, 3.8) is 0 Å². The first-order valence-electron chi connectivity index (χ1n) is 7.10. The van der Waals surface area contributed by atoms with E-state index < -0.39 is 11.7 Å². The van der Waals surface area contributed by atoms with Crippen molar-refractivity contribution in [3.8, 4) is 0 Å². The molecule has 20 heavy (non-hydrogen) atoms. The van der Waals surface area contributed by atoms with Crippen LogP contribution in [-0.4, -0.2) is 49.1 Å². The van der Waals surface area contributed by atoms with E-state index in [2.05, 4.69) is 16.7 Å². The molecule has 0 radical (unpaired) electrons. The number of alkyl halides is 3. The first-order chi connectivity index (χ1) is 9.49. The molecule has 112 valence electrons. The minimum atomic E-state index is -4.25. The van der Waals surface area contributed by atoms with Crippen LogP contribution in [-0.2, 0) is 12.6 Å². The molecule has 0 aromatic heterocycles. The summed E-state index contributed by atoms with van der Waals surface area (Å²) in [5.74, 6) is 0. The Morgan fingerprint density at radius 3 is 2.30 bits per heavy atom. The van der Waals surface area contributed by atoms with Crippen LogP contribution >= 0.6 is 0 Å². The predicted molar refractivity (Wildman–Crippen MR) is 73.7 cm³/mol. The minimum Gasteiger partial charge on any atom is -0.301 e. The molecule has 2 nitrogen and oxygen atoms in total. The zero-order valence-electron chi connectivity index (χ0n) is 11.8. The standard InChI is InChI=1S/C15H21F3N2/c1-2-19-8-10-20(11-9-19)7-6-13-4-3-5-14(12-13)15(16,17)18/h3-5,12H,2,6-11H2,1H3. The van der Waals surface area contributed by atoms with Crippen LogP contribution in [0.25, 0.3) is 0 Å². The zero-order valence-corrected chi connectivity index (χ0v) is 11.8. The van der Waals surface area contributed by atoms with Crippen LogP contribution < -0.4 is 0 Å². The molecule has 1 aromatic carbocycles. The third-order valence-corrected chi connectivity index (χ3v) is 3.88. The van der Waals surface area contributed by atoms with Gasteiger partial charge in [-0.2, -0.15) is 13.2 Å². The Balaban J connectivity index is 1.85. The summed E-state index contributed by atoms with van der Waals surface area (Å²) in [6.45, 7) is 8.18. The maximum Gasteiger partial charge on any atom is 0.416 e. The maximum absolute atomic E-state index is 12.6.